The van der Waals surface area contributed by atoms with Crippen LogP contribution in [-0.2, 0) is 85.4 Å². The Morgan fingerprint density at radius 3 is 0.929 bits per heavy atom. The molecule has 0 saturated carbocycles. The molecular weight excluding hydrogens is 1350 g/mol. The summed E-state index contributed by atoms with van der Waals surface area (Å²) in [5, 5.41) is 258. The molecule has 8 saturated heterocycles. The Hall–Kier alpha value is -3.11. The van der Waals surface area contributed by atoms with Gasteiger partial charge in [-0.1, -0.05) is 0 Å². The molecule has 0 aromatic carbocycles. The van der Waals surface area contributed by atoms with Gasteiger partial charge in [0.1, 0.15) is 195 Å². The number of nitrogens with one attached hydrogen (secondary N) is 3. The van der Waals surface area contributed by atoms with E-state index in [-0.39, 0.29) is 0 Å². The minimum Gasteiger partial charge on any atom is -0.394 e. The lowest BCUT2D eigenvalue weighted by atomic mass is 9.94. The molecule has 44 heteroatoms. The SMILES string of the molecule is CC(=O)N[C@H]1[C@H](O[C@@H]2[C@@H](OC[C@H]3OC(O)[C@@H](O)[C@@H](O[C@H]4O[C@H](CO)[C@@H](O)[C@H](O)[C@@H]4O[C@@H]4O[C@H](CO)[C@@H](O[C@@H]5O[C@H](CO)[C@H](O)[C@H](O)[C@H]5O)[C@H](O)[C@H]4NC(C)=O)[C@@H]3O[C@@H]3O[C@H](CO)[C@@H](O)[C@H](O)[C@H]3NC(C)=O)O[C@H](CO)[C@@H](O)[C@@H]2O)O[C@H](CO)[C@@H](O[C@@H]2O[C@H](CO)[C@H](O)[C@H](O)[C@H]2O)[C@@H]1O. The Bertz CT molecular complexity index is 2510. The van der Waals surface area contributed by atoms with E-state index in [1.165, 1.54) is 0 Å². The second kappa shape index (κ2) is 35.1. The standard InChI is InChI=1S/C54H91N3O41/c1-12(65)55-23-31(73)26(68)15(4-58)86-48(23)95-43-22(11-84-53-45(36(78)29(71)18(7-61)89-53)97-49-24(56-13(2)66)32(74)41(20(9-63)91-49)93-51-38(80)34(76)27(69)16(5-59)87-51)85-47(83)40(82)44(43)96-54-46(37(79)30(72)19(8-62)90-54)98-50-25(57-14(3)67)33(75)42(21(10-64)92-50)94-52-39(81)35(77)28(70)17(6-60)88-52/h15-54,58-64,68-83H,4-11H2,1-3H3,(H,55,65)(H,56,66)(H,57,67)/t15-,16-,17-,18-,19-,20-,21-,22-,23-,24-,25-,26-,27+,28+,29-,30-,31-,32-,33-,34+,35+,36+,37+,38-,39-,40+,41-,42-,43-,44-,45+,46+,47?,48+,49+,50+,51+,52+,53+,54-/m1/s1. The van der Waals surface area contributed by atoms with Crippen LogP contribution in [0.1, 0.15) is 20.8 Å². The second-order valence-corrected chi connectivity index (χ2v) is 24.6. The molecule has 8 rings (SSSR count). The summed E-state index contributed by atoms with van der Waals surface area (Å²) in [5.74, 6) is -2.74. The predicted octanol–water partition coefficient (Wildman–Crippen LogP) is -18.0. The molecule has 0 aromatic rings. The Kier molecular flexibility index (Phi) is 28.9. The van der Waals surface area contributed by atoms with E-state index in [9.17, 15) is 132 Å². The molecule has 8 aliphatic heterocycles. The van der Waals surface area contributed by atoms with E-state index in [1.807, 2.05) is 0 Å². The van der Waals surface area contributed by atoms with Gasteiger partial charge in [-0.3, -0.25) is 14.4 Å². The first-order valence-electron chi connectivity index (χ1n) is 31.1. The van der Waals surface area contributed by atoms with E-state index in [1.54, 1.807) is 0 Å². The lowest BCUT2D eigenvalue weighted by Crippen LogP contribution is -2.70. The van der Waals surface area contributed by atoms with E-state index >= 15 is 0 Å². The zero-order valence-corrected chi connectivity index (χ0v) is 52.4. The Morgan fingerprint density at radius 1 is 0.265 bits per heavy atom. The van der Waals surface area contributed by atoms with Gasteiger partial charge < -0.3 is 204 Å². The van der Waals surface area contributed by atoms with Crippen molar-refractivity contribution in [3.63, 3.8) is 0 Å². The summed E-state index contributed by atoms with van der Waals surface area (Å²) in [6.45, 7) is -5.57. The van der Waals surface area contributed by atoms with Gasteiger partial charge in [0.05, 0.1) is 52.9 Å². The second-order valence-electron chi connectivity index (χ2n) is 24.6. The number of carbonyl (C=O) groups excluding carboxylic acids is 3. The van der Waals surface area contributed by atoms with Crippen LogP contribution in [0.15, 0.2) is 0 Å². The van der Waals surface area contributed by atoms with E-state index in [0.717, 1.165) is 20.8 Å². The molecule has 0 bridgehead atoms. The topological polar surface area (TPSA) is 691 Å². The van der Waals surface area contributed by atoms with Gasteiger partial charge >= 0.3 is 0 Å². The maximum absolute atomic E-state index is 12.8. The molecule has 26 N–H and O–H groups in total. The van der Waals surface area contributed by atoms with E-state index in [2.05, 4.69) is 16.0 Å². The van der Waals surface area contributed by atoms with Gasteiger partial charge in [0.2, 0.25) is 17.7 Å². The molecule has 1 unspecified atom stereocenters. The quantitative estimate of drug-likeness (QED) is 0.0404. The normalized spacial score (nSPS) is 49.5. The summed E-state index contributed by atoms with van der Waals surface area (Å²) in [6, 6.07) is -5.62. The maximum Gasteiger partial charge on any atom is 0.217 e. The number of carbonyl (C=O) groups is 3. The molecule has 0 spiro atoms. The van der Waals surface area contributed by atoms with Gasteiger partial charge in [-0.05, 0) is 0 Å². The molecule has 8 aliphatic rings. The number of hydrogen-bond donors (Lipinski definition) is 26. The van der Waals surface area contributed by atoms with Crippen molar-refractivity contribution in [2.75, 3.05) is 52.9 Å². The van der Waals surface area contributed by atoms with Crippen LogP contribution in [-0.4, -0.2) is 433 Å². The molecule has 3 amide bonds. The average Bonchev–Trinajstić information content (AvgIpc) is 0.773. The summed E-state index contributed by atoms with van der Waals surface area (Å²) in [5.41, 5.74) is 0. The monoisotopic (exact) mass is 1440 g/mol. The van der Waals surface area contributed by atoms with Gasteiger partial charge in [0, 0.05) is 20.8 Å². The van der Waals surface area contributed by atoms with Crippen molar-refractivity contribution in [2.45, 2.75) is 266 Å². The van der Waals surface area contributed by atoms with Crippen molar-refractivity contribution >= 4 is 17.7 Å². The molecule has 98 heavy (non-hydrogen) atoms. The number of rotatable bonds is 25. The average molecular weight is 1440 g/mol. The van der Waals surface area contributed by atoms with Gasteiger partial charge in [0.15, 0.2) is 50.3 Å². The Balaban J connectivity index is 1.12. The van der Waals surface area contributed by atoms with Crippen molar-refractivity contribution in [1.82, 2.24) is 16.0 Å². The van der Waals surface area contributed by atoms with Crippen molar-refractivity contribution < 1.29 is 203 Å². The van der Waals surface area contributed by atoms with E-state index in [0.29, 0.717) is 0 Å². The summed E-state index contributed by atoms with van der Waals surface area (Å²) in [4.78, 5) is 38.3. The number of hydrogen-bond acceptors (Lipinski definition) is 41. The first kappa shape index (κ1) is 80.6. The van der Waals surface area contributed by atoms with Crippen molar-refractivity contribution in [1.29, 1.82) is 0 Å². The Morgan fingerprint density at radius 2 is 0.551 bits per heavy atom. The van der Waals surface area contributed by atoms with Crippen LogP contribution in [0.4, 0.5) is 0 Å². The van der Waals surface area contributed by atoms with Gasteiger partial charge in [-0.15, -0.1) is 0 Å². The smallest absolute Gasteiger partial charge is 0.217 e. The molecule has 40 atom stereocenters. The van der Waals surface area contributed by atoms with Crippen LogP contribution in [0.5, 0.6) is 0 Å². The van der Waals surface area contributed by atoms with Gasteiger partial charge in [-0.25, -0.2) is 0 Å². The molecule has 8 fully saturated rings. The highest BCUT2D eigenvalue weighted by Gasteiger charge is 2.60. The fraction of sp³-hybridized carbons (Fsp3) is 0.944. The number of aliphatic hydroxyl groups is 23. The highest BCUT2D eigenvalue weighted by atomic mass is 16.8. The summed E-state index contributed by atoms with van der Waals surface area (Å²) < 4.78 is 88.6. The van der Waals surface area contributed by atoms with Crippen LogP contribution in [0.3, 0.4) is 0 Å². The molecule has 8 heterocycles. The molecule has 0 aromatic heterocycles. The Labute approximate surface area is 554 Å². The minimum atomic E-state index is -2.50. The highest BCUT2D eigenvalue weighted by molar-refractivity contribution is 5.74. The van der Waals surface area contributed by atoms with Crippen molar-refractivity contribution in [2.24, 2.45) is 0 Å². The maximum atomic E-state index is 12.8. The third kappa shape index (κ3) is 17.5. The fourth-order valence-corrected chi connectivity index (χ4v) is 12.6. The molecule has 568 valence electrons. The van der Waals surface area contributed by atoms with Crippen molar-refractivity contribution in [3.8, 4) is 0 Å². The van der Waals surface area contributed by atoms with E-state index < -0.39 is 316 Å². The van der Waals surface area contributed by atoms with Gasteiger partial charge in [0.25, 0.3) is 0 Å². The molecule has 0 radical (unpaired) electrons. The molecule has 44 nitrogen and oxygen atoms in total. The minimum absolute atomic E-state index is 0.901. The third-order valence-corrected chi connectivity index (χ3v) is 17.8. The first-order valence-corrected chi connectivity index (χ1v) is 31.1. The summed E-state index contributed by atoms with van der Waals surface area (Å²) >= 11 is 0. The fourth-order valence-electron chi connectivity index (χ4n) is 12.6. The summed E-state index contributed by atoms with van der Waals surface area (Å²) in [6.07, 6.45) is -75.7. The third-order valence-electron chi connectivity index (χ3n) is 17.8. The van der Waals surface area contributed by atoms with Crippen molar-refractivity contribution in [3.05, 3.63) is 0 Å². The number of amides is 3. The summed E-state index contributed by atoms with van der Waals surface area (Å²) in [7, 11) is 0. The van der Waals surface area contributed by atoms with Crippen LogP contribution in [0.25, 0.3) is 0 Å². The lowest BCUT2D eigenvalue weighted by Gasteiger charge is -2.51. The van der Waals surface area contributed by atoms with Crippen LogP contribution < -0.4 is 16.0 Å². The van der Waals surface area contributed by atoms with Crippen LogP contribution in [0.2, 0.25) is 0 Å². The molecular formula is C54H91N3O41. The van der Waals surface area contributed by atoms with Crippen LogP contribution in [0, 0.1) is 0 Å². The van der Waals surface area contributed by atoms with E-state index in [4.69, 9.17) is 71.1 Å². The lowest BCUT2D eigenvalue weighted by molar-refractivity contribution is -0.400. The largest absolute Gasteiger partial charge is 0.394 e. The molecule has 0 aliphatic carbocycles. The van der Waals surface area contributed by atoms with Crippen LogP contribution >= 0.6 is 0 Å². The highest BCUT2D eigenvalue weighted by Crippen LogP contribution is 2.39. The first-order chi connectivity index (χ1) is 46.4. The zero-order valence-electron chi connectivity index (χ0n) is 52.4. The number of aliphatic hydroxyl groups excluding tert-OH is 23. The van der Waals surface area contributed by atoms with Gasteiger partial charge in [-0.2, -0.15) is 0 Å². The predicted molar refractivity (Wildman–Crippen MR) is 299 cm³/mol. The zero-order chi connectivity index (χ0) is 72.2. The number of ether oxygens (including phenoxy) is 15.